The molecule has 0 spiro atoms. The number of amides is 3. The number of anilines is 1. The molecule has 2 aromatic carbocycles. The summed E-state index contributed by atoms with van der Waals surface area (Å²) in [5.41, 5.74) is 4.07. The van der Waals surface area contributed by atoms with Crippen LogP contribution in [0.1, 0.15) is 31.2 Å². The van der Waals surface area contributed by atoms with Crippen LogP contribution in [0.25, 0.3) is 0 Å². The van der Waals surface area contributed by atoms with E-state index in [4.69, 9.17) is 4.74 Å². The van der Waals surface area contributed by atoms with E-state index in [1.54, 1.807) is 17.4 Å². The van der Waals surface area contributed by atoms with Gasteiger partial charge in [-0.2, -0.15) is 0 Å². The van der Waals surface area contributed by atoms with Crippen molar-refractivity contribution in [3.63, 3.8) is 0 Å². The molecule has 2 fully saturated rings. The number of piperazine rings is 1. The van der Waals surface area contributed by atoms with Crippen LogP contribution in [0.15, 0.2) is 60.7 Å². The summed E-state index contributed by atoms with van der Waals surface area (Å²) >= 11 is 0. The number of carbonyl (C=O) groups is 3. The number of nitrogens with zero attached hydrogens (tertiary/aromatic N) is 3. The summed E-state index contributed by atoms with van der Waals surface area (Å²) < 4.78 is 5.71. The molecule has 9 heteroatoms. The number of ether oxygens (including phenoxy) is 1. The average molecular weight is 523 g/mol. The van der Waals surface area contributed by atoms with Gasteiger partial charge in [-0.1, -0.05) is 48.5 Å². The molecule has 2 N–H and O–H groups in total. The molecule has 38 heavy (non-hydrogen) atoms. The normalized spacial score (nSPS) is 21.5. The van der Waals surface area contributed by atoms with Gasteiger partial charge in [0, 0.05) is 45.5 Å². The fraction of sp³-hybridized carbons (Fsp3) is 0.483. The Morgan fingerprint density at radius 3 is 2.26 bits per heavy atom. The number of rotatable bonds is 8. The first kappa shape index (κ1) is 27.4. The largest absolute Gasteiger partial charge is 0.446 e. The van der Waals surface area contributed by atoms with Crippen LogP contribution in [-0.2, 0) is 20.7 Å². The zero-order chi connectivity index (χ0) is 26.9. The van der Waals surface area contributed by atoms with Gasteiger partial charge in [-0.05, 0) is 49.8 Å². The van der Waals surface area contributed by atoms with Crippen molar-refractivity contribution in [2.45, 2.75) is 38.2 Å². The van der Waals surface area contributed by atoms with E-state index < -0.39 is 29.9 Å². The highest BCUT2D eigenvalue weighted by atomic mass is 16.6. The van der Waals surface area contributed by atoms with Crippen LogP contribution < -0.4 is 10.4 Å². The van der Waals surface area contributed by atoms with E-state index >= 15 is 0 Å². The number of nitrogens with one attached hydrogen (secondary N) is 1. The summed E-state index contributed by atoms with van der Waals surface area (Å²) in [6, 6.07) is 20.2. The van der Waals surface area contributed by atoms with Crippen LogP contribution in [0.5, 0.6) is 0 Å². The second-order valence-corrected chi connectivity index (χ2v) is 10.2. The first-order valence-electron chi connectivity index (χ1n) is 13.4. The Bertz CT molecular complexity index is 1060. The molecule has 1 saturated heterocycles. The number of aryl methyl sites for hydroxylation is 1. The van der Waals surface area contributed by atoms with Gasteiger partial charge in [-0.25, -0.2) is 10.3 Å². The number of carbonyl (C=O) groups excluding carboxylic acids is 3. The van der Waals surface area contributed by atoms with Crippen molar-refractivity contribution in [3.8, 4) is 0 Å². The predicted molar refractivity (Wildman–Crippen MR) is 144 cm³/mol. The highest BCUT2D eigenvalue weighted by molar-refractivity contribution is 5.87. The maximum absolute atomic E-state index is 13.4. The molecule has 0 unspecified atom stereocenters. The van der Waals surface area contributed by atoms with Crippen molar-refractivity contribution in [1.82, 2.24) is 15.3 Å². The summed E-state index contributed by atoms with van der Waals surface area (Å²) in [5.74, 6) is -1.99. The number of hydroxylamine groups is 1. The van der Waals surface area contributed by atoms with Crippen LogP contribution in [-0.4, -0.2) is 78.8 Å². The first-order valence-corrected chi connectivity index (χ1v) is 13.4. The summed E-state index contributed by atoms with van der Waals surface area (Å²) in [6.45, 7) is 3.14. The lowest BCUT2D eigenvalue weighted by atomic mass is 9.76. The monoisotopic (exact) mass is 522 g/mol. The van der Waals surface area contributed by atoms with E-state index in [9.17, 15) is 19.6 Å². The minimum Gasteiger partial charge on any atom is -0.446 e. The van der Waals surface area contributed by atoms with Crippen molar-refractivity contribution >= 4 is 23.6 Å². The van der Waals surface area contributed by atoms with Gasteiger partial charge in [0.15, 0.2) is 0 Å². The Labute approximate surface area is 224 Å². The quantitative estimate of drug-likeness (QED) is 0.407. The van der Waals surface area contributed by atoms with Crippen LogP contribution in [0, 0.1) is 11.8 Å². The summed E-state index contributed by atoms with van der Waals surface area (Å²) in [4.78, 5) is 44.3. The fourth-order valence-corrected chi connectivity index (χ4v) is 5.45. The average Bonchev–Trinajstić information content (AvgIpc) is 2.97. The van der Waals surface area contributed by atoms with Crippen molar-refractivity contribution < 1.29 is 24.3 Å². The lowest BCUT2D eigenvalue weighted by molar-refractivity contribution is -0.149. The smallest absolute Gasteiger partial charge is 0.409 e. The molecule has 2 aliphatic rings. The zero-order valence-electron chi connectivity index (χ0n) is 22.0. The van der Waals surface area contributed by atoms with Crippen LogP contribution >= 0.6 is 0 Å². The van der Waals surface area contributed by atoms with Gasteiger partial charge in [-0.15, -0.1) is 0 Å². The third-order valence-corrected chi connectivity index (χ3v) is 7.66. The Morgan fingerprint density at radius 2 is 1.61 bits per heavy atom. The van der Waals surface area contributed by atoms with Gasteiger partial charge in [0.2, 0.25) is 11.8 Å². The van der Waals surface area contributed by atoms with Gasteiger partial charge in [0.05, 0.1) is 11.8 Å². The SMILES string of the molecule is CN(CCCc1ccccc1)C(=O)O[C@@H]1CC[C@H](C(=O)N2CCN(c3ccccc3)CC2)[C@@H](C(=O)NO)C1. The van der Waals surface area contributed by atoms with Crippen LogP contribution in [0.3, 0.4) is 0 Å². The van der Waals surface area contributed by atoms with E-state index in [2.05, 4.69) is 29.2 Å². The number of para-hydroxylation sites is 1. The molecule has 2 aromatic rings. The Kier molecular flexibility index (Phi) is 9.59. The molecule has 1 aliphatic heterocycles. The van der Waals surface area contributed by atoms with Crippen LogP contribution in [0.2, 0.25) is 0 Å². The van der Waals surface area contributed by atoms with Gasteiger partial charge in [0.1, 0.15) is 6.10 Å². The molecule has 4 rings (SSSR count). The maximum atomic E-state index is 13.4. The molecule has 0 radical (unpaired) electrons. The number of hydrogen-bond acceptors (Lipinski definition) is 6. The van der Waals surface area contributed by atoms with Crippen LogP contribution in [0.4, 0.5) is 10.5 Å². The van der Waals surface area contributed by atoms with Crippen molar-refractivity contribution in [3.05, 3.63) is 66.2 Å². The fourth-order valence-electron chi connectivity index (χ4n) is 5.45. The first-order chi connectivity index (χ1) is 18.5. The van der Waals surface area contributed by atoms with E-state index in [1.165, 1.54) is 5.56 Å². The molecular formula is C29H38N4O5. The number of hydrogen-bond donors (Lipinski definition) is 2. The predicted octanol–water partition coefficient (Wildman–Crippen LogP) is 3.33. The topological polar surface area (TPSA) is 102 Å². The van der Waals surface area contributed by atoms with E-state index in [1.807, 2.05) is 41.3 Å². The van der Waals surface area contributed by atoms with Gasteiger partial charge in [0.25, 0.3) is 0 Å². The minimum atomic E-state index is -0.755. The molecule has 3 amide bonds. The molecule has 0 bridgehead atoms. The Balaban J connectivity index is 1.27. The van der Waals surface area contributed by atoms with Crippen molar-refractivity contribution in [2.75, 3.05) is 44.7 Å². The molecule has 1 aliphatic carbocycles. The minimum absolute atomic E-state index is 0.0749. The van der Waals surface area contributed by atoms with E-state index in [0.717, 1.165) is 31.6 Å². The van der Waals surface area contributed by atoms with Crippen molar-refractivity contribution in [2.24, 2.45) is 11.8 Å². The highest BCUT2D eigenvalue weighted by Gasteiger charge is 2.42. The Hall–Kier alpha value is -3.59. The second kappa shape index (κ2) is 13.3. The molecule has 1 heterocycles. The molecular weight excluding hydrogens is 484 g/mol. The molecule has 0 aromatic heterocycles. The number of benzene rings is 2. The third kappa shape index (κ3) is 7.04. The maximum Gasteiger partial charge on any atom is 0.409 e. The second-order valence-electron chi connectivity index (χ2n) is 10.2. The summed E-state index contributed by atoms with van der Waals surface area (Å²) in [5, 5.41) is 9.36. The van der Waals surface area contributed by atoms with Gasteiger partial charge >= 0.3 is 6.09 Å². The molecule has 1 saturated carbocycles. The molecule has 3 atom stereocenters. The highest BCUT2D eigenvalue weighted by Crippen LogP contribution is 2.34. The summed E-state index contributed by atoms with van der Waals surface area (Å²) in [7, 11) is 1.70. The Morgan fingerprint density at radius 1 is 0.947 bits per heavy atom. The van der Waals surface area contributed by atoms with E-state index in [0.29, 0.717) is 32.5 Å². The van der Waals surface area contributed by atoms with Gasteiger partial charge < -0.3 is 19.4 Å². The third-order valence-electron chi connectivity index (χ3n) is 7.66. The molecule has 204 valence electrons. The van der Waals surface area contributed by atoms with Gasteiger partial charge in [-0.3, -0.25) is 14.8 Å². The van der Waals surface area contributed by atoms with Crippen molar-refractivity contribution in [1.29, 1.82) is 0 Å². The zero-order valence-corrected chi connectivity index (χ0v) is 22.0. The standard InChI is InChI=1S/C29H38N4O5/c1-31(16-8-11-22-9-4-2-5-10-22)29(36)38-24-14-15-25(26(21-24)27(34)30-37)28(35)33-19-17-32(18-20-33)23-12-6-3-7-13-23/h2-7,9-10,12-13,24-26,37H,8,11,14-21H2,1H3,(H,30,34)/t24-,25+,26+/m1/s1. The van der Waals surface area contributed by atoms with E-state index in [-0.39, 0.29) is 12.3 Å². The lowest BCUT2D eigenvalue weighted by Gasteiger charge is -2.40. The molecule has 9 nitrogen and oxygen atoms in total. The summed E-state index contributed by atoms with van der Waals surface area (Å²) in [6.07, 6.45) is 1.88. The lowest BCUT2D eigenvalue weighted by Crippen LogP contribution is -2.53.